The molecule has 0 unspecified atom stereocenters. The van der Waals surface area contributed by atoms with Crippen molar-refractivity contribution >= 4 is 5.91 Å². The van der Waals surface area contributed by atoms with Crippen molar-refractivity contribution in [3.05, 3.63) is 0 Å². The van der Waals surface area contributed by atoms with Gasteiger partial charge in [-0.25, -0.2) is 4.39 Å². The van der Waals surface area contributed by atoms with E-state index >= 15 is 0 Å². The molecule has 4 aliphatic rings. The summed E-state index contributed by atoms with van der Waals surface area (Å²) in [6.45, 7) is 6.67. The van der Waals surface area contributed by atoms with Crippen LogP contribution >= 0.6 is 0 Å². The van der Waals surface area contributed by atoms with E-state index < -0.39 is 6.17 Å². The number of likely N-dealkylation sites (tertiary alicyclic amines) is 1. The van der Waals surface area contributed by atoms with E-state index in [2.05, 4.69) is 4.90 Å². The molecule has 3 saturated heterocycles. The topological polar surface area (TPSA) is 51.2 Å². The molecule has 7 heteroatoms. The Balaban J connectivity index is 1.15. The highest BCUT2D eigenvalue weighted by Crippen LogP contribution is 2.37. The van der Waals surface area contributed by atoms with Gasteiger partial charge in [0.1, 0.15) is 6.17 Å². The molecule has 6 nitrogen and oxygen atoms in total. The lowest BCUT2D eigenvalue weighted by molar-refractivity contribution is -0.147. The normalized spacial score (nSPS) is 38.0. The third-order valence-electron chi connectivity index (χ3n) is 6.31. The number of nitrogens with zero attached hydrogens (tertiary/aromatic N) is 2. The van der Waals surface area contributed by atoms with E-state index in [-0.39, 0.29) is 30.1 Å². The third kappa shape index (κ3) is 4.21. The molecule has 1 saturated carbocycles. The Morgan fingerprint density at radius 2 is 1.92 bits per heavy atom. The number of rotatable bonds is 6. The predicted molar refractivity (Wildman–Crippen MR) is 93.7 cm³/mol. The van der Waals surface area contributed by atoms with Crippen LogP contribution in [-0.2, 0) is 19.0 Å². The fourth-order valence-electron chi connectivity index (χ4n) is 4.61. The van der Waals surface area contributed by atoms with Crippen molar-refractivity contribution in [1.29, 1.82) is 0 Å². The second-order valence-corrected chi connectivity index (χ2v) is 8.06. The van der Waals surface area contributed by atoms with Crippen LogP contribution in [0, 0.1) is 5.92 Å². The summed E-state index contributed by atoms with van der Waals surface area (Å²) in [6, 6.07) is 0.186. The van der Waals surface area contributed by atoms with Gasteiger partial charge in [0.2, 0.25) is 5.91 Å². The molecule has 148 valence electrons. The summed E-state index contributed by atoms with van der Waals surface area (Å²) in [5, 5.41) is 0. The smallest absolute Gasteiger partial charge is 0.226 e. The Bertz CT molecular complexity index is 482. The first-order chi connectivity index (χ1) is 12.7. The molecule has 0 aromatic heterocycles. The molecule has 0 aromatic rings. The summed E-state index contributed by atoms with van der Waals surface area (Å²) in [4.78, 5) is 16.9. The average molecular weight is 370 g/mol. The Morgan fingerprint density at radius 1 is 1.12 bits per heavy atom. The van der Waals surface area contributed by atoms with Gasteiger partial charge in [-0.1, -0.05) is 0 Å². The van der Waals surface area contributed by atoms with E-state index in [9.17, 15) is 9.18 Å². The fraction of sp³-hybridized carbons (Fsp3) is 0.947. The van der Waals surface area contributed by atoms with Crippen LogP contribution in [0.2, 0.25) is 0 Å². The van der Waals surface area contributed by atoms with Crippen LogP contribution in [0.1, 0.15) is 32.1 Å². The van der Waals surface area contributed by atoms with Crippen LogP contribution in [0.4, 0.5) is 4.39 Å². The number of ether oxygens (including phenoxy) is 3. The monoisotopic (exact) mass is 370 g/mol. The highest BCUT2D eigenvalue weighted by atomic mass is 19.1. The maximum atomic E-state index is 13.0. The van der Waals surface area contributed by atoms with Crippen molar-refractivity contribution in [2.24, 2.45) is 5.92 Å². The van der Waals surface area contributed by atoms with Crippen LogP contribution in [0.3, 0.4) is 0 Å². The quantitative estimate of drug-likeness (QED) is 0.659. The standard InChI is InChI=1S/C19H31FN2O4/c20-15-11-14(12-15)19(23)22-4-3-18-17(22)2-1-16(26-18)13-25-10-7-21-5-8-24-9-6-21/h14-18H,1-13H2/t14?,15?,16-,17-,18-/m1/s1. The maximum Gasteiger partial charge on any atom is 0.226 e. The van der Waals surface area contributed by atoms with E-state index in [1.165, 1.54) is 0 Å². The average Bonchev–Trinajstić information content (AvgIpc) is 3.06. The molecule has 0 bridgehead atoms. The zero-order chi connectivity index (χ0) is 17.9. The second-order valence-electron chi connectivity index (χ2n) is 8.06. The zero-order valence-electron chi connectivity index (χ0n) is 15.5. The number of amides is 1. The molecule has 1 aliphatic carbocycles. The molecule has 1 amide bonds. The third-order valence-corrected chi connectivity index (χ3v) is 6.31. The summed E-state index contributed by atoms with van der Waals surface area (Å²) >= 11 is 0. The van der Waals surface area contributed by atoms with Gasteiger partial charge in [-0.15, -0.1) is 0 Å². The minimum atomic E-state index is -0.774. The molecule has 0 spiro atoms. The van der Waals surface area contributed by atoms with Crippen LogP contribution < -0.4 is 0 Å². The van der Waals surface area contributed by atoms with Crippen LogP contribution in [0.5, 0.6) is 0 Å². The lowest BCUT2D eigenvalue weighted by Crippen LogP contribution is -2.49. The molecule has 3 aliphatic heterocycles. The van der Waals surface area contributed by atoms with Gasteiger partial charge in [-0.3, -0.25) is 9.69 Å². The number of alkyl halides is 1. The Labute approximate surface area is 154 Å². The highest BCUT2D eigenvalue weighted by molar-refractivity contribution is 5.80. The van der Waals surface area contributed by atoms with Gasteiger partial charge in [0.25, 0.3) is 0 Å². The van der Waals surface area contributed by atoms with E-state index in [1.54, 1.807) is 0 Å². The zero-order valence-corrected chi connectivity index (χ0v) is 15.5. The first kappa shape index (κ1) is 18.6. The van der Waals surface area contributed by atoms with Gasteiger partial charge in [0.15, 0.2) is 0 Å². The van der Waals surface area contributed by atoms with Crippen molar-refractivity contribution in [2.75, 3.05) is 52.6 Å². The van der Waals surface area contributed by atoms with Crippen molar-refractivity contribution in [2.45, 2.75) is 56.5 Å². The second kappa shape index (κ2) is 8.50. The number of morpholine rings is 1. The summed E-state index contributed by atoms with van der Waals surface area (Å²) in [5.41, 5.74) is 0. The van der Waals surface area contributed by atoms with Crippen molar-refractivity contribution < 1.29 is 23.4 Å². The highest BCUT2D eigenvalue weighted by Gasteiger charge is 2.45. The molecule has 3 heterocycles. The van der Waals surface area contributed by atoms with Crippen LogP contribution in [0.15, 0.2) is 0 Å². The molecule has 0 aromatic carbocycles. The van der Waals surface area contributed by atoms with Crippen molar-refractivity contribution in [3.63, 3.8) is 0 Å². The number of hydrogen-bond donors (Lipinski definition) is 0. The number of hydrogen-bond acceptors (Lipinski definition) is 5. The van der Waals surface area contributed by atoms with E-state index in [0.717, 1.165) is 65.3 Å². The molecule has 4 fully saturated rings. The number of halogens is 1. The first-order valence-corrected chi connectivity index (χ1v) is 10.2. The fourth-order valence-corrected chi connectivity index (χ4v) is 4.61. The number of carbonyl (C=O) groups is 1. The van der Waals surface area contributed by atoms with Gasteiger partial charge >= 0.3 is 0 Å². The predicted octanol–water partition coefficient (Wildman–Crippen LogP) is 1.23. The molecule has 4 rings (SSSR count). The SMILES string of the molecule is O=C(C1CC(F)C1)N1CC[C@H]2O[C@@H](COCCN3CCOCC3)CC[C@H]21. The van der Waals surface area contributed by atoms with E-state index in [1.807, 2.05) is 4.90 Å². The molecule has 0 N–H and O–H groups in total. The summed E-state index contributed by atoms with van der Waals surface area (Å²) in [7, 11) is 0. The molecular weight excluding hydrogens is 339 g/mol. The van der Waals surface area contributed by atoms with Crippen molar-refractivity contribution in [1.82, 2.24) is 9.80 Å². The molecule has 26 heavy (non-hydrogen) atoms. The Kier molecular flexibility index (Phi) is 6.08. The van der Waals surface area contributed by atoms with E-state index in [4.69, 9.17) is 14.2 Å². The van der Waals surface area contributed by atoms with Gasteiger partial charge in [-0.05, 0) is 32.1 Å². The first-order valence-electron chi connectivity index (χ1n) is 10.2. The van der Waals surface area contributed by atoms with Gasteiger partial charge in [0, 0.05) is 32.1 Å². The van der Waals surface area contributed by atoms with Crippen LogP contribution in [-0.4, -0.2) is 92.7 Å². The Hall–Kier alpha value is -0.760. The molecular formula is C19H31FN2O4. The van der Waals surface area contributed by atoms with Gasteiger partial charge in [0.05, 0.1) is 44.7 Å². The largest absolute Gasteiger partial charge is 0.379 e. The maximum absolute atomic E-state index is 13.0. The molecule has 3 atom stereocenters. The lowest BCUT2D eigenvalue weighted by atomic mass is 9.82. The summed E-state index contributed by atoms with van der Waals surface area (Å²) in [6.07, 6.45) is 3.10. The lowest BCUT2D eigenvalue weighted by Gasteiger charge is -2.39. The summed E-state index contributed by atoms with van der Waals surface area (Å²) < 4.78 is 30.4. The minimum absolute atomic E-state index is 0.0926. The van der Waals surface area contributed by atoms with E-state index in [0.29, 0.717) is 19.4 Å². The number of fused-ring (bicyclic) bond motifs is 1. The van der Waals surface area contributed by atoms with Gasteiger partial charge in [-0.2, -0.15) is 0 Å². The van der Waals surface area contributed by atoms with Crippen molar-refractivity contribution in [3.8, 4) is 0 Å². The van der Waals surface area contributed by atoms with Crippen LogP contribution in [0.25, 0.3) is 0 Å². The molecule has 0 radical (unpaired) electrons. The minimum Gasteiger partial charge on any atom is -0.379 e. The Morgan fingerprint density at radius 3 is 2.69 bits per heavy atom. The van der Waals surface area contributed by atoms with Gasteiger partial charge < -0.3 is 19.1 Å². The number of carbonyl (C=O) groups excluding carboxylic acids is 1. The summed E-state index contributed by atoms with van der Waals surface area (Å²) in [5.74, 6) is 0.0557.